The quantitative estimate of drug-likeness (QED) is 0.0447. The van der Waals surface area contributed by atoms with E-state index in [1.807, 2.05) is 0 Å². The number of carbonyl (C=O) groups is 4. The summed E-state index contributed by atoms with van der Waals surface area (Å²) in [4.78, 5) is 44.6. The van der Waals surface area contributed by atoms with Crippen molar-refractivity contribution in [2.45, 2.75) is 65.6 Å². The van der Waals surface area contributed by atoms with Gasteiger partial charge in [-0.25, -0.2) is 0 Å². The van der Waals surface area contributed by atoms with E-state index < -0.39 is 46.8 Å². The van der Waals surface area contributed by atoms with E-state index in [0.29, 0.717) is 12.8 Å². The predicted octanol–water partition coefficient (Wildman–Crippen LogP) is -0.596. The fourth-order valence-corrected chi connectivity index (χ4v) is 1.98. The Morgan fingerprint density at radius 3 is 1.22 bits per heavy atom. The van der Waals surface area contributed by atoms with Gasteiger partial charge in [0.15, 0.2) is 0 Å². The van der Waals surface area contributed by atoms with Gasteiger partial charge in [0.1, 0.15) is 12.2 Å². The molecule has 0 aliphatic carbocycles. The zero-order valence-electron chi connectivity index (χ0n) is 23.2. The Balaban J connectivity index is -0.000000114. The van der Waals surface area contributed by atoms with E-state index in [0.717, 1.165) is 0 Å². The van der Waals surface area contributed by atoms with Gasteiger partial charge in [-0.1, -0.05) is 27.7 Å². The number of carboxylic acids is 2. The van der Waals surface area contributed by atoms with Gasteiger partial charge in [0.25, 0.3) is 0 Å². The van der Waals surface area contributed by atoms with Gasteiger partial charge in [0, 0.05) is 36.8 Å². The molecule has 0 spiro atoms. The van der Waals surface area contributed by atoms with Crippen LogP contribution in [-0.4, -0.2) is 131 Å². The maximum absolute atomic E-state index is 11.4. The molecule has 0 aromatic carbocycles. The van der Waals surface area contributed by atoms with E-state index >= 15 is 0 Å². The smallest absolute Gasteiger partial charge is 1.00 e. The molecule has 0 aromatic heterocycles. The molecule has 0 aliphatic heterocycles. The molecule has 36 heavy (non-hydrogen) atoms. The summed E-state index contributed by atoms with van der Waals surface area (Å²) in [5.74, 6) is -3.04. The third-order valence-electron chi connectivity index (χ3n) is 4.53. The van der Waals surface area contributed by atoms with Gasteiger partial charge in [0.2, 0.25) is 11.8 Å². The minimum atomic E-state index is -1.30. The summed E-state index contributed by atoms with van der Waals surface area (Å²) in [5, 5.41) is 58.6. The van der Waals surface area contributed by atoms with Gasteiger partial charge in [0.05, 0.1) is 13.2 Å². The molecule has 0 unspecified atom stereocenters. The summed E-state index contributed by atoms with van der Waals surface area (Å²) in [6, 6.07) is 0. The molecule has 208 valence electrons. The van der Waals surface area contributed by atoms with E-state index in [1.165, 1.54) is 4.91 Å². The second kappa shape index (κ2) is 22.5. The summed E-state index contributed by atoms with van der Waals surface area (Å²) < 4.78 is 0. The number of nitrogens with one attached hydrogen (secondary N) is 2. The van der Waals surface area contributed by atoms with Crippen LogP contribution in [0.4, 0.5) is 0 Å². The van der Waals surface area contributed by atoms with Crippen molar-refractivity contribution in [1.29, 1.82) is 0 Å². The Morgan fingerprint density at radius 2 is 1.03 bits per heavy atom. The molecule has 0 saturated heterocycles. The van der Waals surface area contributed by atoms with Crippen molar-refractivity contribution in [3.05, 3.63) is 16.0 Å². The Bertz CT molecular complexity index is 660. The van der Waals surface area contributed by atoms with Crippen LogP contribution >= 0.6 is 0 Å². The normalized spacial score (nSPS) is 12.0. The minimum Gasteiger partial charge on any atom is -1.00 e. The molecule has 15 nitrogen and oxygen atoms in total. The predicted molar refractivity (Wildman–Crippen MR) is 132 cm³/mol. The number of rotatable bonds is 14. The minimum absolute atomic E-state index is 0. The van der Waals surface area contributed by atoms with Crippen LogP contribution < -0.4 is 10.6 Å². The number of hydrogen-bond donors (Lipinski definition) is 8. The van der Waals surface area contributed by atoms with E-state index in [2.05, 4.69) is 10.6 Å². The molecule has 0 rings (SSSR count). The van der Waals surface area contributed by atoms with Gasteiger partial charge >= 0.3 is 49.7 Å². The van der Waals surface area contributed by atoms with Crippen LogP contribution in [0.1, 0.15) is 56.2 Å². The van der Waals surface area contributed by atoms with Crippen LogP contribution in [0.5, 0.6) is 0 Å². The van der Waals surface area contributed by atoms with Crippen molar-refractivity contribution in [2.24, 2.45) is 10.8 Å². The fraction of sp³-hybridized carbons (Fsp3) is 0.800. The number of carbonyl (C=O) groups excluding carboxylic acids is 2. The largest absolute Gasteiger partial charge is 2.00 e. The number of aliphatic carboxylic acids is 2. The first-order valence-corrected chi connectivity index (χ1v) is 10.6. The second-order valence-corrected chi connectivity index (χ2v) is 8.76. The van der Waals surface area contributed by atoms with Gasteiger partial charge in [-0.3, -0.25) is 24.1 Å². The van der Waals surface area contributed by atoms with Gasteiger partial charge in [-0.2, -0.15) is 0 Å². The van der Waals surface area contributed by atoms with E-state index in [9.17, 15) is 29.4 Å². The van der Waals surface area contributed by atoms with E-state index in [-0.39, 0.29) is 79.7 Å². The molecule has 0 saturated carbocycles. The molecule has 0 radical (unpaired) electrons. The first-order valence-electron chi connectivity index (χ1n) is 10.6. The molecular formula is C20H40CaN5O10-. The van der Waals surface area contributed by atoms with Crippen LogP contribution in [0, 0.1) is 10.8 Å². The Kier molecular flexibility index (Phi) is 25.9. The monoisotopic (exact) mass is 550 g/mol. The molecule has 0 bridgehead atoms. The number of aliphatic hydroxyl groups excluding tert-OH is 4. The van der Waals surface area contributed by atoms with Crippen molar-refractivity contribution >= 4 is 61.5 Å². The zero-order valence-corrected chi connectivity index (χ0v) is 23.4. The topological polar surface area (TPSA) is 272 Å². The van der Waals surface area contributed by atoms with Crippen LogP contribution in [0.3, 0.4) is 0 Å². The molecule has 0 fully saturated rings. The zero-order chi connectivity index (χ0) is 28.2. The molecule has 8 N–H and O–H groups in total. The maximum Gasteiger partial charge on any atom is 2.00 e. The molecule has 16 heteroatoms. The number of amides is 2. The summed E-state index contributed by atoms with van der Waals surface area (Å²) in [7, 11) is 0. The summed E-state index contributed by atoms with van der Waals surface area (Å²) in [6.07, 6.45) is -2.04. The van der Waals surface area contributed by atoms with Crippen molar-refractivity contribution < 1.29 is 52.7 Å². The first kappa shape index (κ1) is 41.4. The average molecular weight is 551 g/mol. The molecule has 0 heterocycles. The van der Waals surface area contributed by atoms with Crippen LogP contribution in [0.15, 0.2) is 0 Å². The standard InChI is InChI=1S/2C10H19NO5.Ca.N3.2H/c2*1-10(2,6-12)8(15)9(16)11-5-3-4-7(13)14;;1-3-2;;/h2*8,12,15H,3-6H2,1-2H3,(H,11,16)(H,13,14);;;;/q;;+2;3*-1/t2*8-;;;;/m00..../s1. The molecular weight excluding hydrogens is 510 g/mol. The van der Waals surface area contributed by atoms with Crippen LogP contribution in [0.25, 0.3) is 16.0 Å². The molecule has 0 aromatic rings. The van der Waals surface area contributed by atoms with Gasteiger partial charge in [-0.05, 0) is 12.8 Å². The van der Waals surface area contributed by atoms with Crippen molar-refractivity contribution in [1.82, 2.24) is 10.6 Å². The summed E-state index contributed by atoms with van der Waals surface area (Å²) in [6.45, 7) is 6.03. The van der Waals surface area contributed by atoms with Gasteiger partial charge < -0.3 is 55.2 Å². The fourth-order valence-electron chi connectivity index (χ4n) is 1.98. The van der Waals surface area contributed by atoms with Crippen LogP contribution in [0.2, 0.25) is 0 Å². The molecule has 2 atom stereocenters. The van der Waals surface area contributed by atoms with Gasteiger partial charge in [-0.15, -0.1) is 0 Å². The molecule has 0 aliphatic rings. The first-order chi connectivity index (χ1) is 16.0. The Morgan fingerprint density at radius 1 is 0.778 bits per heavy atom. The summed E-state index contributed by atoms with van der Waals surface area (Å²) in [5.41, 5.74) is 11.7. The van der Waals surface area contributed by atoms with Crippen LogP contribution in [-0.2, 0) is 19.2 Å². The number of aliphatic hydroxyl groups is 4. The second-order valence-electron chi connectivity index (χ2n) is 8.76. The Hall–Kier alpha value is -1.71. The van der Waals surface area contributed by atoms with Crippen molar-refractivity contribution in [3.63, 3.8) is 0 Å². The summed E-state index contributed by atoms with van der Waals surface area (Å²) >= 11 is 0. The average Bonchev–Trinajstić information content (AvgIpc) is 2.78. The third kappa shape index (κ3) is 21.6. The van der Waals surface area contributed by atoms with E-state index in [1.54, 1.807) is 27.7 Å². The van der Waals surface area contributed by atoms with Crippen molar-refractivity contribution in [2.75, 3.05) is 26.3 Å². The Labute approximate surface area is 242 Å². The molecule has 2 amide bonds. The number of nitrogens with zero attached hydrogens (tertiary/aromatic N) is 3. The van der Waals surface area contributed by atoms with E-state index in [4.69, 9.17) is 31.5 Å². The third-order valence-corrected chi connectivity index (χ3v) is 4.53. The number of carboxylic acid groups (broad SMARTS) is 2. The number of hydrogen-bond acceptors (Lipinski definition) is 8. The maximum atomic E-state index is 11.4. The SMILES string of the molecule is CC(C)(CO)[C@@H](O)C(=O)NCCCC(=O)O.CC(C)(CO)[C@@H](O)C(=O)NCCCC(=O)O.[Ca+2].[H-].[H-].[N-]=[N+]=[N-]. The van der Waals surface area contributed by atoms with Crippen molar-refractivity contribution in [3.8, 4) is 0 Å².